The molecule has 5 rings (SSSR count). The third kappa shape index (κ3) is 6.07. The maximum atomic E-state index is 14.1. The van der Waals surface area contributed by atoms with Crippen LogP contribution in [0.3, 0.4) is 0 Å². The van der Waals surface area contributed by atoms with E-state index in [-0.39, 0.29) is 11.3 Å². The predicted octanol–water partition coefficient (Wildman–Crippen LogP) is 9.75. The Morgan fingerprint density at radius 3 is 2.46 bits per heavy atom. The quantitative estimate of drug-likeness (QED) is 0.365. The normalized spacial score (nSPS) is 30.3. The fourth-order valence-electron chi connectivity index (χ4n) is 8.25. The number of hydrogen-bond donors (Lipinski definition) is 0. The fraction of sp³-hybridized carbons (Fsp3) is 0.639. The third-order valence-electron chi connectivity index (χ3n) is 10.6. The molecule has 0 bridgehead atoms. The standard InChI is InChI=1S/C36H50O/c1-24-11-14-28(15-12-24)20-30-21-32-33(23-36(4,5)34(32)18-26(30)3)35(37)22-31-17-25(2)13-16-29(31)19-27-9-7-6-8-10-27/h11-12,14-15,21,25,27,29,31,33H,3,6-10,13,16-20,22-23H2,1-2,4-5H3/t25-,29+,31?,33?/m0/s1. The molecule has 37 heavy (non-hydrogen) atoms. The Morgan fingerprint density at radius 1 is 1.00 bits per heavy atom. The van der Waals surface area contributed by atoms with Gasteiger partial charge in [0, 0.05) is 12.3 Å². The van der Waals surface area contributed by atoms with Crippen molar-refractivity contribution in [1.82, 2.24) is 0 Å². The van der Waals surface area contributed by atoms with E-state index in [0.717, 1.165) is 43.4 Å². The lowest BCUT2D eigenvalue weighted by Crippen LogP contribution is -2.30. The van der Waals surface area contributed by atoms with E-state index in [9.17, 15) is 4.79 Å². The van der Waals surface area contributed by atoms with Gasteiger partial charge in [0.25, 0.3) is 0 Å². The van der Waals surface area contributed by atoms with Crippen molar-refractivity contribution in [2.24, 2.45) is 35.0 Å². The molecule has 4 atom stereocenters. The fourth-order valence-corrected chi connectivity index (χ4v) is 8.25. The molecule has 4 aliphatic rings. The summed E-state index contributed by atoms with van der Waals surface area (Å²) in [5, 5.41) is 0. The molecule has 2 fully saturated rings. The van der Waals surface area contributed by atoms with Crippen LogP contribution in [0.1, 0.15) is 109 Å². The van der Waals surface area contributed by atoms with E-state index in [1.807, 2.05) is 0 Å². The van der Waals surface area contributed by atoms with Crippen molar-refractivity contribution in [3.63, 3.8) is 0 Å². The summed E-state index contributed by atoms with van der Waals surface area (Å²) in [4.78, 5) is 14.1. The first kappa shape index (κ1) is 26.7. The van der Waals surface area contributed by atoms with Crippen molar-refractivity contribution in [2.75, 3.05) is 0 Å². The minimum atomic E-state index is 0.0821. The number of carbonyl (C=O) groups is 1. The predicted molar refractivity (Wildman–Crippen MR) is 156 cm³/mol. The third-order valence-corrected chi connectivity index (χ3v) is 10.6. The lowest BCUT2D eigenvalue weighted by Gasteiger charge is -2.38. The summed E-state index contributed by atoms with van der Waals surface area (Å²) in [7, 11) is 0. The molecule has 0 spiro atoms. The highest BCUT2D eigenvalue weighted by Crippen LogP contribution is 2.53. The van der Waals surface area contributed by atoms with E-state index in [1.165, 1.54) is 91.2 Å². The van der Waals surface area contributed by atoms with E-state index < -0.39 is 0 Å². The summed E-state index contributed by atoms with van der Waals surface area (Å²) in [5.41, 5.74) is 8.15. The zero-order valence-corrected chi connectivity index (χ0v) is 24.1. The summed E-state index contributed by atoms with van der Waals surface area (Å²) in [5.74, 6) is 3.67. The molecule has 1 aromatic rings. The second-order valence-corrected chi connectivity index (χ2v) is 14.0. The van der Waals surface area contributed by atoms with Crippen LogP contribution in [0.2, 0.25) is 0 Å². The van der Waals surface area contributed by atoms with Gasteiger partial charge in [-0.2, -0.15) is 0 Å². The smallest absolute Gasteiger partial charge is 0.140 e. The molecule has 0 aromatic heterocycles. The molecular formula is C36H50O. The topological polar surface area (TPSA) is 17.1 Å². The van der Waals surface area contributed by atoms with Crippen molar-refractivity contribution in [2.45, 2.75) is 111 Å². The Balaban J connectivity index is 1.33. The average Bonchev–Trinajstić information content (AvgIpc) is 3.13. The van der Waals surface area contributed by atoms with Gasteiger partial charge in [-0.1, -0.05) is 107 Å². The lowest BCUT2D eigenvalue weighted by molar-refractivity contribution is -0.123. The Morgan fingerprint density at radius 2 is 1.73 bits per heavy atom. The molecular weight excluding hydrogens is 448 g/mol. The molecule has 0 amide bonds. The van der Waals surface area contributed by atoms with E-state index in [0.29, 0.717) is 11.7 Å². The number of Topliss-reactive ketones (excluding diaryl/α,β-unsaturated/α-hetero) is 1. The Bertz CT molecular complexity index is 1060. The highest BCUT2D eigenvalue weighted by atomic mass is 16.1. The summed E-state index contributed by atoms with van der Waals surface area (Å²) >= 11 is 0. The van der Waals surface area contributed by atoms with Crippen molar-refractivity contribution >= 4 is 5.78 Å². The number of carbonyl (C=O) groups excluding carboxylic acids is 1. The maximum Gasteiger partial charge on any atom is 0.140 e. The highest BCUT2D eigenvalue weighted by molar-refractivity contribution is 5.86. The van der Waals surface area contributed by atoms with Gasteiger partial charge >= 0.3 is 0 Å². The number of benzene rings is 1. The molecule has 2 saturated carbocycles. The molecule has 1 nitrogen and oxygen atoms in total. The molecule has 200 valence electrons. The van der Waals surface area contributed by atoms with E-state index >= 15 is 0 Å². The molecule has 0 N–H and O–H groups in total. The first-order valence-corrected chi connectivity index (χ1v) is 15.4. The van der Waals surface area contributed by atoms with Crippen molar-refractivity contribution in [3.05, 3.63) is 70.3 Å². The number of aryl methyl sites for hydroxylation is 1. The molecule has 4 aliphatic carbocycles. The van der Waals surface area contributed by atoms with Gasteiger partial charge in [-0.15, -0.1) is 0 Å². The molecule has 2 unspecified atom stereocenters. The van der Waals surface area contributed by atoms with E-state index in [4.69, 9.17) is 0 Å². The number of ketones is 1. The highest BCUT2D eigenvalue weighted by Gasteiger charge is 2.44. The molecule has 0 radical (unpaired) electrons. The second-order valence-electron chi connectivity index (χ2n) is 14.0. The van der Waals surface area contributed by atoms with Crippen LogP contribution >= 0.6 is 0 Å². The number of rotatable bonds is 7. The Hall–Kier alpha value is -1.89. The first-order chi connectivity index (χ1) is 17.7. The van der Waals surface area contributed by atoms with Gasteiger partial charge in [-0.25, -0.2) is 0 Å². The molecule has 1 aromatic carbocycles. The first-order valence-electron chi connectivity index (χ1n) is 15.4. The van der Waals surface area contributed by atoms with Crippen LogP contribution in [0.4, 0.5) is 0 Å². The molecule has 1 heteroatoms. The van der Waals surface area contributed by atoms with Crippen molar-refractivity contribution in [1.29, 1.82) is 0 Å². The van der Waals surface area contributed by atoms with Crippen LogP contribution in [-0.2, 0) is 11.2 Å². The summed E-state index contributed by atoms with van der Waals surface area (Å²) in [6.45, 7) is 13.8. The van der Waals surface area contributed by atoms with Gasteiger partial charge in [0.2, 0.25) is 0 Å². The van der Waals surface area contributed by atoms with Crippen molar-refractivity contribution in [3.8, 4) is 0 Å². The van der Waals surface area contributed by atoms with E-state index in [2.05, 4.69) is 64.6 Å². The monoisotopic (exact) mass is 498 g/mol. The summed E-state index contributed by atoms with van der Waals surface area (Å²) in [6.07, 6.45) is 18.5. The van der Waals surface area contributed by atoms with Crippen LogP contribution in [0.15, 0.2) is 59.2 Å². The Labute approximate surface area is 226 Å². The van der Waals surface area contributed by atoms with Gasteiger partial charge in [-0.3, -0.25) is 4.79 Å². The van der Waals surface area contributed by atoms with Gasteiger partial charge in [-0.05, 0) is 96.8 Å². The molecule has 0 saturated heterocycles. The minimum Gasteiger partial charge on any atom is -0.299 e. The number of hydrogen-bond acceptors (Lipinski definition) is 1. The van der Waals surface area contributed by atoms with Crippen LogP contribution in [0, 0.1) is 41.9 Å². The Kier molecular flexibility index (Phi) is 7.99. The van der Waals surface area contributed by atoms with Crippen LogP contribution in [0.25, 0.3) is 0 Å². The van der Waals surface area contributed by atoms with Gasteiger partial charge in [0.15, 0.2) is 0 Å². The van der Waals surface area contributed by atoms with Crippen LogP contribution in [-0.4, -0.2) is 5.78 Å². The van der Waals surface area contributed by atoms with Crippen LogP contribution < -0.4 is 0 Å². The zero-order valence-electron chi connectivity index (χ0n) is 24.1. The molecule has 0 heterocycles. The summed E-state index contributed by atoms with van der Waals surface area (Å²) < 4.78 is 0. The minimum absolute atomic E-state index is 0.0821. The van der Waals surface area contributed by atoms with Crippen LogP contribution in [0.5, 0.6) is 0 Å². The summed E-state index contributed by atoms with van der Waals surface area (Å²) in [6, 6.07) is 8.88. The maximum absolute atomic E-state index is 14.1. The second kappa shape index (κ2) is 11.1. The largest absolute Gasteiger partial charge is 0.299 e. The SMILES string of the molecule is C=C1CC2=C(C=C1Cc1ccc(C)cc1)C(C(=O)CC1C[C@@H](C)CC[C@@H]1CC1CCCCC1)CC2(C)C. The average molecular weight is 499 g/mol. The van der Waals surface area contributed by atoms with Gasteiger partial charge in [0.1, 0.15) is 5.78 Å². The number of allylic oxidation sites excluding steroid dienone is 5. The zero-order chi connectivity index (χ0) is 26.2. The van der Waals surface area contributed by atoms with Crippen molar-refractivity contribution < 1.29 is 4.79 Å². The lowest BCUT2D eigenvalue weighted by atomic mass is 9.67. The van der Waals surface area contributed by atoms with E-state index in [1.54, 1.807) is 0 Å². The van der Waals surface area contributed by atoms with Gasteiger partial charge in [0.05, 0.1) is 0 Å². The molecule has 0 aliphatic heterocycles. The van der Waals surface area contributed by atoms with Gasteiger partial charge < -0.3 is 0 Å².